The molecule has 0 unspecified atom stereocenters. The Balaban J connectivity index is 1.88. The standard InChI is InChI=1S/C13H22N4O3/c18-12(19)5-3-1-2-4-6-15-13(20)16-8-10-17-9-7-14-11-17/h7,9,11H,1-6,8,10H2,(H,18,19)(H2,15,16,20). The number of aromatic nitrogens is 2. The predicted octanol–water partition coefficient (Wildman–Crippen LogP) is 1.22. The van der Waals surface area contributed by atoms with Gasteiger partial charge in [0.05, 0.1) is 6.33 Å². The minimum atomic E-state index is -0.750. The van der Waals surface area contributed by atoms with Gasteiger partial charge in [0.1, 0.15) is 0 Å². The highest BCUT2D eigenvalue weighted by Gasteiger charge is 1.99. The molecule has 0 radical (unpaired) electrons. The highest BCUT2D eigenvalue weighted by Crippen LogP contribution is 2.01. The van der Waals surface area contributed by atoms with Crippen molar-refractivity contribution >= 4 is 12.0 Å². The Bertz CT molecular complexity index is 392. The third-order valence-electron chi connectivity index (χ3n) is 2.82. The number of hydrogen-bond donors (Lipinski definition) is 3. The van der Waals surface area contributed by atoms with E-state index < -0.39 is 5.97 Å². The highest BCUT2D eigenvalue weighted by atomic mass is 16.4. The number of hydrogen-bond acceptors (Lipinski definition) is 3. The number of aliphatic carboxylic acids is 1. The maximum atomic E-state index is 11.4. The summed E-state index contributed by atoms with van der Waals surface area (Å²) in [6.45, 7) is 1.87. The van der Waals surface area contributed by atoms with Gasteiger partial charge in [0, 0.05) is 38.4 Å². The first-order chi connectivity index (χ1) is 9.68. The van der Waals surface area contributed by atoms with Gasteiger partial charge in [-0.25, -0.2) is 9.78 Å². The van der Waals surface area contributed by atoms with Crippen LogP contribution in [0, 0.1) is 0 Å². The molecule has 1 aromatic rings. The summed E-state index contributed by atoms with van der Waals surface area (Å²) in [6, 6.07) is -0.171. The number of carboxylic acid groups (broad SMARTS) is 1. The zero-order valence-corrected chi connectivity index (χ0v) is 11.5. The lowest BCUT2D eigenvalue weighted by Gasteiger charge is -2.07. The molecule has 1 aromatic heterocycles. The minimum absolute atomic E-state index is 0.171. The smallest absolute Gasteiger partial charge is 0.314 e. The van der Waals surface area contributed by atoms with Crippen LogP contribution in [0.15, 0.2) is 18.7 Å². The van der Waals surface area contributed by atoms with Crippen molar-refractivity contribution in [3.05, 3.63) is 18.7 Å². The molecule has 0 atom stereocenters. The number of carbonyl (C=O) groups is 2. The Kier molecular flexibility index (Phi) is 7.86. The van der Waals surface area contributed by atoms with Crippen molar-refractivity contribution in [2.45, 2.75) is 38.6 Å². The molecule has 0 bridgehead atoms. The van der Waals surface area contributed by atoms with E-state index in [1.165, 1.54) is 0 Å². The number of carbonyl (C=O) groups excluding carboxylic acids is 1. The van der Waals surface area contributed by atoms with Crippen molar-refractivity contribution in [2.24, 2.45) is 0 Å². The van der Waals surface area contributed by atoms with Crippen LogP contribution < -0.4 is 10.6 Å². The fourth-order valence-corrected chi connectivity index (χ4v) is 1.74. The van der Waals surface area contributed by atoms with Gasteiger partial charge >= 0.3 is 12.0 Å². The van der Waals surface area contributed by atoms with Crippen molar-refractivity contribution in [1.29, 1.82) is 0 Å². The molecule has 0 aromatic carbocycles. The van der Waals surface area contributed by atoms with Crippen LogP contribution in [0.3, 0.4) is 0 Å². The maximum Gasteiger partial charge on any atom is 0.314 e. The third-order valence-corrected chi connectivity index (χ3v) is 2.82. The van der Waals surface area contributed by atoms with Gasteiger partial charge in [0.15, 0.2) is 0 Å². The molecule has 20 heavy (non-hydrogen) atoms. The van der Waals surface area contributed by atoms with E-state index in [2.05, 4.69) is 15.6 Å². The molecule has 0 saturated heterocycles. The second-order valence-electron chi connectivity index (χ2n) is 4.54. The fraction of sp³-hybridized carbons (Fsp3) is 0.615. The molecule has 2 amide bonds. The summed E-state index contributed by atoms with van der Waals surface area (Å²) < 4.78 is 1.89. The van der Waals surface area contributed by atoms with Gasteiger partial charge in [0.2, 0.25) is 0 Å². The van der Waals surface area contributed by atoms with E-state index in [0.717, 1.165) is 19.3 Å². The summed E-state index contributed by atoms with van der Waals surface area (Å²) in [6.07, 6.45) is 8.86. The van der Waals surface area contributed by atoms with E-state index >= 15 is 0 Å². The first-order valence-corrected chi connectivity index (χ1v) is 6.87. The second kappa shape index (κ2) is 9.82. The van der Waals surface area contributed by atoms with E-state index in [9.17, 15) is 9.59 Å². The summed E-state index contributed by atoms with van der Waals surface area (Å²) in [5.41, 5.74) is 0. The lowest BCUT2D eigenvalue weighted by molar-refractivity contribution is -0.137. The number of imidazole rings is 1. The number of rotatable bonds is 10. The molecule has 0 saturated carbocycles. The van der Waals surface area contributed by atoms with E-state index in [0.29, 0.717) is 26.1 Å². The number of urea groups is 1. The Morgan fingerprint density at radius 1 is 1.10 bits per heavy atom. The number of carboxylic acids is 1. The molecule has 0 aliphatic carbocycles. The van der Waals surface area contributed by atoms with Crippen LogP contribution in [0.4, 0.5) is 4.79 Å². The Labute approximate surface area is 118 Å². The SMILES string of the molecule is O=C(O)CCCCCCNC(=O)NCCn1ccnc1. The van der Waals surface area contributed by atoms with Gasteiger partial charge in [-0.1, -0.05) is 12.8 Å². The van der Waals surface area contributed by atoms with Crippen LogP contribution in [-0.4, -0.2) is 39.7 Å². The van der Waals surface area contributed by atoms with Crippen molar-refractivity contribution in [2.75, 3.05) is 13.1 Å². The lowest BCUT2D eigenvalue weighted by atomic mass is 10.1. The summed E-state index contributed by atoms with van der Waals surface area (Å²) in [4.78, 5) is 25.6. The molecule has 3 N–H and O–H groups in total. The van der Waals surface area contributed by atoms with Crippen molar-refractivity contribution < 1.29 is 14.7 Å². The van der Waals surface area contributed by atoms with E-state index in [4.69, 9.17) is 5.11 Å². The molecule has 0 spiro atoms. The Morgan fingerprint density at radius 2 is 1.85 bits per heavy atom. The largest absolute Gasteiger partial charge is 0.481 e. The molecule has 7 nitrogen and oxygen atoms in total. The second-order valence-corrected chi connectivity index (χ2v) is 4.54. The normalized spacial score (nSPS) is 10.2. The highest BCUT2D eigenvalue weighted by molar-refractivity contribution is 5.73. The number of amides is 2. The molecule has 7 heteroatoms. The lowest BCUT2D eigenvalue weighted by Crippen LogP contribution is -2.37. The Morgan fingerprint density at radius 3 is 2.55 bits per heavy atom. The third kappa shape index (κ3) is 8.12. The molecule has 0 fully saturated rings. The van der Waals surface area contributed by atoms with E-state index in [-0.39, 0.29) is 12.5 Å². The quantitative estimate of drug-likeness (QED) is 0.562. The van der Waals surface area contributed by atoms with Crippen molar-refractivity contribution in [3.8, 4) is 0 Å². The monoisotopic (exact) mass is 282 g/mol. The first kappa shape index (κ1) is 16.0. The minimum Gasteiger partial charge on any atom is -0.481 e. The summed E-state index contributed by atoms with van der Waals surface area (Å²) in [5.74, 6) is -0.750. The van der Waals surface area contributed by atoms with Crippen LogP contribution in [0.2, 0.25) is 0 Å². The Hall–Kier alpha value is -2.05. The topological polar surface area (TPSA) is 96.3 Å². The fourth-order valence-electron chi connectivity index (χ4n) is 1.74. The predicted molar refractivity (Wildman–Crippen MR) is 74.3 cm³/mol. The number of nitrogens with zero attached hydrogens (tertiary/aromatic N) is 2. The van der Waals surface area contributed by atoms with Gasteiger partial charge in [-0.05, 0) is 12.8 Å². The van der Waals surface area contributed by atoms with Gasteiger partial charge in [-0.2, -0.15) is 0 Å². The summed E-state index contributed by atoms with van der Waals surface area (Å²) in [5, 5.41) is 14.0. The zero-order chi connectivity index (χ0) is 14.6. The van der Waals surface area contributed by atoms with Crippen LogP contribution >= 0.6 is 0 Å². The zero-order valence-electron chi connectivity index (χ0n) is 11.5. The van der Waals surface area contributed by atoms with Crippen LogP contribution in [0.1, 0.15) is 32.1 Å². The molecular formula is C13H22N4O3. The van der Waals surface area contributed by atoms with Gasteiger partial charge in [-0.3, -0.25) is 4.79 Å². The average Bonchev–Trinajstić information content (AvgIpc) is 2.90. The number of nitrogens with one attached hydrogen (secondary N) is 2. The molecule has 0 aliphatic heterocycles. The summed E-state index contributed by atoms with van der Waals surface area (Å²) >= 11 is 0. The van der Waals surface area contributed by atoms with Crippen LogP contribution in [-0.2, 0) is 11.3 Å². The first-order valence-electron chi connectivity index (χ1n) is 6.87. The van der Waals surface area contributed by atoms with E-state index in [1.807, 2.05) is 10.8 Å². The van der Waals surface area contributed by atoms with E-state index in [1.54, 1.807) is 12.5 Å². The molecule has 112 valence electrons. The van der Waals surface area contributed by atoms with Crippen molar-refractivity contribution in [1.82, 2.24) is 20.2 Å². The van der Waals surface area contributed by atoms with Crippen LogP contribution in [0.25, 0.3) is 0 Å². The number of unbranched alkanes of at least 4 members (excludes halogenated alkanes) is 3. The average molecular weight is 282 g/mol. The van der Waals surface area contributed by atoms with Crippen molar-refractivity contribution in [3.63, 3.8) is 0 Å². The maximum absolute atomic E-state index is 11.4. The van der Waals surface area contributed by atoms with Gasteiger partial charge < -0.3 is 20.3 Å². The molecule has 0 aliphatic rings. The van der Waals surface area contributed by atoms with Crippen LogP contribution in [0.5, 0.6) is 0 Å². The van der Waals surface area contributed by atoms with Gasteiger partial charge in [-0.15, -0.1) is 0 Å². The van der Waals surface area contributed by atoms with Gasteiger partial charge in [0.25, 0.3) is 0 Å². The molecule has 1 heterocycles. The summed E-state index contributed by atoms with van der Waals surface area (Å²) in [7, 11) is 0. The molecule has 1 rings (SSSR count). The molecular weight excluding hydrogens is 260 g/mol.